The number of amidine groups is 1. The zero-order valence-corrected chi connectivity index (χ0v) is 10.6. The van der Waals surface area contributed by atoms with Gasteiger partial charge in [-0.2, -0.15) is 5.10 Å². The van der Waals surface area contributed by atoms with Gasteiger partial charge < -0.3 is 10.9 Å². The van der Waals surface area contributed by atoms with Crippen LogP contribution in [0.4, 0.5) is 0 Å². The van der Waals surface area contributed by atoms with E-state index in [0.29, 0.717) is 12.2 Å². The van der Waals surface area contributed by atoms with E-state index in [2.05, 4.69) is 15.2 Å². The summed E-state index contributed by atoms with van der Waals surface area (Å²) in [5, 5.41) is 17.3. The molecule has 3 rings (SSSR count). The molecule has 0 aliphatic carbocycles. The lowest BCUT2D eigenvalue weighted by Gasteiger charge is -2.08. The summed E-state index contributed by atoms with van der Waals surface area (Å²) in [4.78, 5) is 4.15. The first-order valence-electron chi connectivity index (χ1n) is 6.12. The van der Waals surface area contributed by atoms with Crippen LogP contribution in [0.2, 0.25) is 0 Å². The zero-order chi connectivity index (χ0) is 13.9. The van der Waals surface area contributed by atoms with E-state index in [4.69, 9.17) is 10.9 Å². The zero-order valence-electron chi connectivity index (χ0n) is 10.6. The Bertz CT molecular complexity index is 778. The molecule has 0 unspecified atom stereocenters. The number of oxime groups is 1. The van der Waals surface area contributed by atoms with Crippen molar-refractivity contribution in [3.8, 4) is 0 Å². The maximum absolute atomic E-state index is 8.81. The molecule has 0 saturated carbocycles. The first kappa shape index (κ1) is 12.2. The van der Waals surface area contributed by atoms with Crippen molar-refractivity contribution in [2.24, 2.45) is 10.9 Å². The molecule has 0 spiro atoms. The fourth-order valence-corrected chi connectivity index (χ4v) is 2.16. The van der Waals surface area contributed by atoms with Gasteiger partial charge in [-0.3, -0.25) is 9.67 Å². The van der Waals surface area contributed by atoms with E-state index < -0.39 is 0 Å². The Morgan fingerprint density at radius 1 is 1.25 bits per heavy atom. The maximum atomic E-state index is 8.81. The van der Waals surface area contributed by atoms with Gasteiger partial charge in [-0.15, -0.1) is 0 Å². The van der Waals surface area contributed by atoms with Crippen LogP contribution in [-0.2, 0) is 6.54 Å². The summed E-state index contributed by atoms with van der Waals surface area (Å²) in [5.41, 5.74) is 7.99. The Balaban J connectivity index is 2.04. The molecule has 100 valence electrons. The van der Waals surface area contributed by atoms with Crippen molar-refractivity contribution < 1.29 is 5.21 Å². The van der Waals surface area contributed by atoms with E-state index >= 15 is 0 Å². The monoisotopic (exact) mass is 267 g/mol. The van der Waals surface area contributed by atoms with E-state index in [1.807, 2.05) is 47.3 Å². The lowest BCUT2D eigenvalue weighted by Crippen LogP contribution is -2.18. The number of para-hydroxylation sites is 1. The second-order valence-corrected chi connectivity index (χ2v) is 4.36. The highest BCUT2D eigenvalue weighted by Gasteiger charge is 2.10. The third-order valence-electron chi connectivity index (χ3n) is 3.11. The standard InChI is InChI=1S/C14H13N5O/c15-14(18-20)13-11(5-3-7-16-13)9-19-12-6-2-1-4-10(12)8-17-19/h1-8,20H,9H2,(H2,15,18). The third kappa shape index (κ3) is 2.07. The molecule has 0 amide bonds. The second kappa shape index (κ2) is 5.00. The predicted molar refractivity (Wildman–Crippen MR) is 75.6 cm³/mol. The maximum Gasteiger partial charge on any atom is 0.189 e. The van der Waals surface area contributed by atoms with Gasteiger partial charge in [-0.1, -0.05) is 29.4 Å². The number of rotatable bonds is 3. The third-order valence-corrected chi connectivity index (χ3v) is 3.11. The number of nitrogens with zero attached hydrogens (tertiary/aromatic N) is 4. The molecule has 0 aliphatic heterocycles. The molecule has 0 fully saturated rings. The first-order chi connectivity index (χ1) is 9.79. The Hall–Kier alpha value is -2.89. The van der Waals surface area contributed by atoms with E-state index in [1.54, 1.807) is 6.20 Å². The van der Waals surface area contributed by atoms with Crippen LogP contribution in [0.25, 0.3) is 10.9 Å². The highest BCUT2D eigenvalue weighted by Crippen LogP contribution is 2.15. The lowest BCUT2D eigenvalue weighted by molar-refractivity contribution is 0.318. The molecule has 6 heteroatoms. The minimum atomic E-state index is -0.00272. The largest absolute Gasteiger partial charge is 0.409 e. The van der Waals surface area contributed by atoms with E-state index in [0.717, 1.165) is 16.5 Å². The van der Waals surface area contributed by atoms with Crippen LogP contribution in [0, 0.1) is 0 Å². The topological polar surface area (TPSA) is 89.3 Å². The molecule has 2 heterocycles. The van der Waals surface area contributed by atoms with Crippen molar-refractivity contribution in [1.82, 2.24) is 14.8 Å². The van der Waals surface area contributed by atoms with Crippen LogP contribution in [-0.4, -0.2) is 25.8 Å². The second-order valence-electron chi connectivity index (χ2n) is 4.36. The van der Waals surface area contributed by atoms with Crippen molar-refractivity contribution in [1.29, 1.82) is 0 Å². The van der Waals surface area contributed by atoms with Gasteiger partial charge in [0.2, 0.25) is 0 Å². The van der Waals surface area contributed by atoms with Crippen LogP contribution < -0.4 is 5.73 Å². The Morgan fingerprint density at radius 3 is 2.95 bits per heavy atom. The number of aromatic nitrogens is 3. The quantitative estimate of drug-likeness (QED) is 0.326. The molecule has 0 radical (unpaired) electrons. The summed E-state index contributed by atoms with van der Waals surface area (Å²) in [5.74, 6) is -0.00272. The number of fused-ring (bicyclic) bond motifs is 1. The molecule has 3 N–H and O–H groups in total. The summed E-state index contributed by atoms with van der Waals surface area (Å²) in [7, 11) is 0. The number of pyridine rings is 1. The minimum absolute atomic E-state index is 0.00272. The van der Waals surface area contributed by atoms with Crippen molar-refractivity contribution in [3.05, 3.63) is 60.0 Å². The van der Waals surface area contributed by atoms with Crippen LogP contribution in [0.15, 0.2) is 53.9 Å². The predicted octanol–water partition coefficient (Wildman–Crippen LogP) is 1.57. The van der Waals surface area contributed by atoms with Gasteiger partial charge in [0.15, 0.2) is 5.84 Å². The summed E-state index contributed by atoms with van der Waals surface area (Å²) >= 11 is 0. The lowest BCUT2D eigenvalue weighted by atomic mass is 10.1. The van der Waals surface area contributed by atoms with Crippen molar-refractivity contribution in [2.45, 2.75) is 6.54 Å². The molecule has 20 heavy (non-hydrogen) atoms. The van der Waals surface area contributed by atoms with E-state index in [-0.39, 0.29) is 5.84 Å². The molecule has 3 aromatic rings. The summed E-state index contributed by atoms with van der Waals surface area (Å²) < 4.78 is 1.86. The van der Waals surface area contributed by atoms with Crippen LogP contribution in [0.5, 0.6) is 0 Å². The molecule has 2 aromatic heterocycles. The van der Waals surface area contributed by atoms with Gasteiger partial charge in [-0.25, -0.2) is 0 Å². The summed E-state index contributed by atoms with van der Waals surface area (Å²) in [6.45, 7) is 0.507. The number of hydrogen-bond acceptors (Lipinski definition) is 4. The first-order valence-corrected chi connectivity index (χ1v) is 6.12. The molecule has 0 atom stereocenters. The molecule has 0 bridgehead atoms. The van der Waals surface area contributed by atoms with Gasteiger partial charge >= 0.3 is 0 Å². The molecule has 0 saturated heterocycles. The smallest absolute Gasteiger partial charge is 0.189 e. The minimum Gasteiger partial charge on any atom is -0.409 e. The summed E-state index contributed by atoms with van der Waals surface area (Å²) in [6, 6.07) is 11.6. The van der Waals surface area contributed by atoms with Crippen LogP contribution in [0.3, 0.4) is 0 Å². The van der Waals surface area contributed by atoms with Crippen molar-refractivity contribution >= 4 is 16.7 Å². The van der Waals surface area contributed by atoms with Gasteiger partial charge in [0.05, 0.1) is 18.3 Å². The molecule has 6 nitrogen and oxygen atoms in total. The number of hydrogen-bond donors (Lipinski definition) is 2. The molecular formula is C14H13N5O. The van der Waals surface area contributed by atoms with Crippen molar-refractivity contribution in [2.75, 3.05) is 0 Å². The van der Waals surface area contributed by atoms with Crippen molar-refractivity contribution in [3.63, 3.8) is 0 Å². The number of benzene rings is 1. The Labute approximate surface area is 115 Å². The summed E-state index contributed by atoms with van der Waals surface area (Å²) in [6.07, 6.45) is 3.42. The van der Waals surface area contributed by atoms with E-state index in [9.17, 15) is 0 Å². The van der Waals surface area contributed by atoms with E-state index in [1.165, 1.54) is 0 Å². The molecule has 1 aromatic carbocycles. The highest BCUT2D eigenvalue weighted by atomic mass is 16.4. The SMILES string of the molecule is NC(=NO)c1ncccc1Cn1ncc2ccccc21. The highest BCUT2D eigenvalue weighted by molar-refractivity contribution is 5.96. The van der Waals surface area contributed by atoms with Gasteiger partial charge in [0.1, 0.15) is 5.69 Å². The van der Waals surface area contributed by atoms with Crippen LogP contribution >= 0.6 is 0 Å². The molecule has 0 aliphatic rings. The Morgan fingerprint density at radius 2 is 2.10 bits per heavy atom. The normalized spacial score (nSPS) is 11.9. The fraction of sp³-hybridized carbons (Fsp3) is 0.0714. The van der Waals surface area contributed by atoms with Crippen LogP contribution in [0.1, 0.15) is 11.3 Å². The van der Waals surface area contributed by atoms with Gasteiger partial charge in [0.25, 0.3) is 0 Å². The van der Waals surface area contributed by atoms with Gasteiger partial charge in [-0.05, 0) is 12.1 Å². The number of nitrogens with two attached hydrogens (primary N) is 1. The molecular weight excluding hydrogens is 254 g/mol. The fourth-order valence-electron chi connectivity index (χ4n) is 2.16. The average molecular weight is 267 g/mol. The van der Waals surface area contributed by atoms with Gasteiger partial charge in [0, 0.05) is 17.1 Å². The average Bonchev–Trinajstić information content (AvgIpc) is 2.90. The Kier molecular flexibility index (Phi) is 3.04.